The van der Waals surface area contributed by atoms with Crippen LogP contribution in [0.25, 0.3) is 0 Å². The van der Waals surface area contributed by atoms with Crippen LogP contribution >= 0.6 is 11.3 Å². The molecule has 29 heavy (non-hydrogen) atoms. The van der Waals surface area contributed by atoms with Crippen LogP contribution < -0.4 is 10.6 Å². The molecule has 1 aliphatic carbocycles. The number of hydrogen-bond donors (Lipinski definition) is 2. The van der Waals surface area contributed by atoms with Crippen LogP contribution in [-0.2, 0) is 9.59 Å². The van der Waals surface area contributed by atoms with E-state index in [2.05, 4.69) is 29.5 Å². The normalized spacial score (nSPS) is 21.0. The van der Waals surface area contributed by atoms with Crippen LogP contribution in [0.15, 0.2) is 57.7 Å². The second-order valence-corrected chi connectivity index (χ2v) is 9.44. The predicted octanol–water partition coefficient (Wildman–Crippen LogP) is 4.69. The highest BCUT2D eigenvalue weighted by atomic mass is 32.1. The molecule has 2 aromatic heterocycles. The summed E-state index contributed by atoms with van der Waals surface area (Å²) in [6.45, 7) is 8.08. The highest BCUT2D eigenvalue weighted by molar-refractivity contribution is 7.08. The lowest BCUT2D eigenvalue weighted by Crippen LogP contribution is -2.39. The zero-order chi connectivity index (χ0) is 20.8. The Labute approximate surface area is 174 Å². The van der Waals surface area contributed by atoms with Crippen molar-refractivity contribution < 1.29 is 9.59 Å². The highest BCUT2D eigenvalue weighted by Crippen LogP contribution is 2.47. The van der Waals surface area contributed by atoms with Gasteiger partial charge in [-0.2, -0.15) is 11.3 Å². The molecular weight excluding hydrogens is 382 g/mol. The molecule has 150 valence electrons. The van der Waals surface area contributed by atoms with Crippen LogP contribution in [0.5, 0.6) is 0 Å². The number of nitrogens with zero attached hydrogens (tertiary/aromatic N) is 1. The van der Waals surface area contributed by atoms with Gasteiger partial charge in [0.25, 0.3) is 5.91 Å². The fraction of sp³-hybridized carbons (Fsp3) is 0.348. The molecule has 3 heterocycles. The third kappa shape index (κ3) is 3.77. The van der Waals surface area contributed by atoms with Gasteiger partial charge in [-0.15, -0.1) is 0 Å². The van der Waals surface area contributed by atoms with Gasteiger partial charge in [0.1, 0.15) is 5.82 Å². The maximum Gasteiger partial charge on any atom is 0.255 e. The van der Waals surface area contributed by atoms with Crippen molar-refractivity contribution in [3.63, 3.8) is 0 Å². The molecular formula is C23H25N3O2S. The highest BCUT2D eigenvalue weighted by Gasteiger charge is 2.42. The molecule has 4 rings (SSSR count). The minimum absolute atomic E-state index is 0.0893. The Kier molecular flexibility index (Phi) is 4.90. The van der Waals surface area contributed by atoms with Crippen LogP contribution in [-0.4, -0.2) is 16.7 Å². The largest absolute Gasteiger partial charge is 0.362 e. The second-order valence-electron chi connectivity index (χ2n) is 8.66. The third-order valence-electron chi connectivity index (χ3n) is 5.51. The average Bonchev–Trinajstić information content (AvgIpc) is 3.15. The number of anilines is 1. The quantitative estimate of drug-likeness (QED) is 0.774. The number of hydrogen-bond acceptors (Lipinski definition) is 5. The number of pyridine rings is 1. The Morgan fingerprint density at radius 3 is 2.69 bits per heavy atom. The van der Waals surface area contributed by atoms with Gasteiger partial charge in [-0.1, -0.05) is 19.9 Å². The van der Waals surface area contributed by atoms with Crippen LogP contribution in [0.1, 0.15) is 50.7 Å². The summed E-state index contributed by atoms with van der Waals surface area (Å²) in [6.07, 6.45) is 3.00. The molecule has 0 aromatic carbocycles. The SMILES string of the molecule is CC1=C(C(=O)Nc2ccc(C)cn2)[C@@H](c2ccsc2)C2=C(CC(C)(C)CC2=O)N1. The zero-order valence-corrected chi connectivity index (χ0v) is 17.9. The Morgan fingerprint density at radius 1 is 1.24 bits per heavy atom. The number of aromatic nitrogens is 1. The lowest BCUT2D eigenvalue weighted by atomic mass is 9.69. The molecule has 2 aliphatic rings. The molecule has 0 saturated carbocycles. The molecule has 5 nitrogen and oxygen atoms in total. The van der Waals surface area contributed by atoms with Gasteiger partial charge in [0.2, 0.25) is 0 Å². The Morgan fingerprint density at radius 2 is 2.03 bits per heavy atom. The number of amides is 1. The number of allylic oxidation sites excluding steroid dienone is 3. The topological polar surface area (TPSA) is 71.1 Å². The number of rotatable bonds is 3. The number of Topliss-reactive ketones (excluding diaryl/α,β-unsaturated/α-hetero) is 1. The number of dihydropyridines is 1. The van der Waals surface area contributed by atoms with Crippen LogP contribution in [0.2, 0.25) is 0 Å². The lowest BCUT2D eigenvalue weighted by Gasteiger charge is -2.39. The van der Waals surface area contributed by atoms with Gasteiger partial charge in [0.15, 0.2) is 5.78 Å². The molecule has 1 atom stereocenters. The van der Waals surface area contributed by atoms with Crippen molar-refractivity contribution in [2.24, 2.45) is 5.41 Å². The van der Waals surface area contributed by atoms with Gasteiger partial charge in [0, 0.05) is 41.1 Å². The smallest absolute Gasteiger partial charge is 0.255 e. The van der Waals surface area contributed by atoms with E-state index in [-0.39, 0.29) is 23.0 Å². The lowest BCUT2D eigenvalue weighted by molar-refractivity contribution is -0.118. The first-order valence-corrected chi connectivity index (χ1v) is 10.7. The van der Waals surface area contributed by atoms with E-state index in [1.807, 2.05) is 36.7 Å². The number of ketones is 1. The van der Waals surface area contributed by atoms with E-state index in [4.69, 9.17) is 0 Å². The van der Waals surface area contributed by atoms with Crippen molar-refractivity contribution in [3.05, 3.63) is 68.8 Å². The molecule has 0 unspecified atom stereocenters. The van der Waals surface area contributed by atoms with Crippen LogP contribution in [0, 0.1) is 12.3 Å². The van der Waals surface area contributed by atoms with Crippen molar-refractivity contribution in [3.8, 4) is 0 Å². The van der Waals surface area contributed by atoms with E-state index in [0.717, 1.165) is 34.5 Å². The third-order valence-corrected chi connectivity index (χ3v) is 6.22. The standard InChI is InChI=1S/C23H25N3O2S/c1-13-5-6-18(24-11-13)26-22(28)19-14(2)25-16-9-23(3,4)10-17(27)21(16)20(19)15-7-8-29-12-15/h5-8,11-12,20,25H,9-10H2,1-4H3,(H,24,26,28)/t20-/m1/s1. The molecule has 0 bridgehead atoms. The van der Waals surface area contributed by atoms with E-state index >= 15 is 0 Å². The maximum absolute atomic E-state index is 13.3. The van der Waals surface area contributed by atoms with Crippen molar-refractivity contribution in [1.29, 1.82) is 0 Å². The van der Waals surface area contributed by atoms with Gasteiger partial charge >= 0.3 is 0 Å². The fourth-order valence-electron chi connectivity index (χ4n) is 4.24. The minimum Gasteiger partial charge on any atom is -0.362 e. The molecule has 1 aliphatic heterocycles. The van der Waals surface area contributed by atoms with Crippen molar-refractivity contribution in [1.82, 2.24) is 10.3 Å². The number of carbonyl (C=O) groups excluding carboxylic acids is 2. The minimum atomic E-state index is -0.355. The summed E-state index contributed by atoms with van der Waals surface area (Å²) in [6, 6.07) is 5.70. The Balaban J connectivity index is 1.75. The monoisotopic (exact) mass is 407 g/mol. The van der Waals surface area contributed by atoms with Gasteiger partial charge in [-0.05, 0) is 59.7 Å². The Hall–Kier alpha value is -2.73. The number of nitrogens with one attached hydrogen (secondary N) is 2. The number of carbonyl (C=O) groups is 2. The first kappa shape index (κ1) is 19.6. The van der Waals surface area contributed by atoms with Gasteiger partial charge in [-0.25, -0.2) is 4.98 Å². The second kappa shape index (κ2) is 7.26. The fourth-order valence-corrected chi connectivity index (χ4v) is 4.92. The summed E-state index contributed by atoms with van der Waals surface area (Å²) in [5, 5.41) is 10.3. The van der Waals surface area contributed by atoms with Crippen LogP contribution in [0.4, 0.5) is 5.82 Å². The van der Waals surface area contributed by atoms with Gasteiger partial charge in [0.05, 0.1) is 0 Å². The van der Waals surface area contributed by atoms with E-state index in [9.17, 15) is 9.59 Å². The molecule has 6 heteroatoms. The average molecular weight is 408 g/mol. The molecule has 0 fully saturated rings. The van der Waals surface area contributed by atoms with E-state index in [0.29, 0.717) is 17.8 Å². The molecule has 2 N–H and O–H groups in total. The molecule has 0 spiro atoms. The zero-order valence-electron chi connectivity index (χ0n) is 17.1. The first-order valence-electron chi connectivity index (χ1n) is 9.75. The Bertz CT molecular complexity index is 1030. The molecule has 2 aromatic rings. The van der Waals surface area contributed by atoms with E-state index < -0.39 is 0 Å². The summed E-state index contributed by atoms with van der Waals surface area (Å²) >= 11 is 1.57. The molecule has 0 saturated heterocycles. The van der Waals surface area contributed by atoms with Crippen LogP contribution in [0.3, 0.4) is 0 Å². The van der Waals surface area contributed by atoms with Crippen molar-refractivity contribution >= 4 is 28.8 Å². The van der Waals surface area contributed by atoms with Crippen molar-refractivity contribution in [2.45, 2.75) is 46.5 Å². The maximum atomic E-state index is 13.3. The van der Waals surface area contributed by atoms with E-state index in [1.165, 1.54) is 0 Å². The summed E-state index contributed by atoms with van der Waals surface area (Å²) < 4.78 is 0. The molecule has 0 radical (unpaired) electrons. The van der Waals surface area contributed by atoms with Crippen molar-refractivity contribution in [2.75, 3.05) is 5.32 Å². The van der Waals surface area contributed by atoms with E-state index in [1.54, 1.807) is 23.6 Å². The summed E-state index contributed by atoms with van der Waals surface area (Å²) in [7, 11) is 0. The first-order chi connectivity index (χ1) is 13.7. The summed E-state index contributed by atoms with van der Waals surface area (Å²) in [4.78, 5) is 30.7. The van der Waals surface area contributed by atoms with Gasteiger partial charge in [-0.3, -0.25) is 9.59 Å². The van der Waals surface area contributed by atoms with Gasteiger partial charge < -0.3 is 10.6 Å². The number of thiophene rings is 1. The summed E-state index contributed by atoms with van der Waals surface area (Å²) in [5.41, 5.74) is 4.97. The number of aryl methyl sites for hydroxylation is 1. The molecule has 1 amide bonds. The summed E-state index contributed by atoms with van der Waals surface area (Å²) in [5.74, 6) is 0.0327. The predicted molar refractivity (Wildman–Crippen MR) is 116 cm³/mol.